The van der Waals surface area contributed by atoms with Crippen molar-refractivity contribution in [3.05, 3.63) is 12.2 Å². The Kier molecular flexibility index (Phi) is 3.90. The quantitative estimate of drug-likeness (QED) is 0.419. The molecule has 0 radical (unpaired) electrons. The van der Waals surface area contributed by atoms with Crippen molar-refractivity contribution in [1.82, 2.24) is 5.32 Å². The van der Waals surface area contributed by atoms with Gasteiger partial charge in [-0.05, 0) is 0 Å². The smallest absolute Gasteiger partial charge is 0.249 e. The molecule has 0 spiro atoms. The lowest BCUT2D eigenvalue weighted by atomic mass is 10.3. The standard InChI is InChI=1S/C6H10N2O3/c1-4(3-9)6(11)8-2-5(7)10/h9H,1-3H2,(H2,7,10)(H,8,11). The molecule has 5 nitrogen and oxygen atoms in total. The molecule has 62 valence electrons. The van der Waals surface area contributed by atoms with Crippen LogP contribution in [-0.2, 0) is 9.59 Å². The summed E-state index contributed by atoms with van der Waals surface area (Å²) in [6.45, 7) is 2.57. The van der Waals surface area contributed by atoms with E-state index in [4.69, 9.17) is 10.8 Å². The van der Waals surface area contributed by atoms with Gasteiger partial charge in [-0.15, -0.1) is 0 Å². The first kappa shape index (κ1) is 9.64. The van der Waals surface area contributed by atoms with Crippen LogP contribution < -0.4 is 11.1 Å². The molecule has 0 saturated heterocycles. The first-order valence-electron chi connectivity index (χ1n) is 2.93. The minimum absolute atomic E-state index is 0.00579. The van der Waals surface area contributed by atoms with Crippen LogP contribution in [0.4, 0.5) is 0 Å². The number of carbonyl (C=O) groups excluding carboxylic acids is 2. The van der Waals surface area contributed by atoms with Crippen molar-refractivity contribution in [3.63, 3.8) is 0 Å². The van der Waals surface area contributed by atoms with E-state index in [-0.39, 0.29) is 12.1 Å². The van der Waals surface area contributed by atoms with E-state index in [1.807, 2.05) is 0 Å². The van der Waals surface area contributed by atoms with Gasteiger partial charge in [0.25, 0.3) is 0 Å². The summed E-state index contributed by atoms with van der Waals surface area (Å²) >= 11 is 0. The van der Waals surface area contributed by atoms with Gasteiger partial charge in [0, 0.05) is 5.57 Å². The summed E-state index contributed by atoms with van der Waals surface area (Å²) in [4.78, 5) is 20.8. The molecule has 0 fully saturated rings. The molecule has 0 heterocycles. The number of aliphatic hydroxyl groups excluding tert-OH is 1. The Morgan fingerprint density at radius 1 is 1.55 bits per heavy atom. The third kappa shape index (κ3) is 4.10. The SMILES string of the molecule is C=C(CO)C(=O)NCC(N)=O. The molecule has 2 amide bonds. The summed E-state index contributed by atoms with van der Waals surface area (Å²) in [5.74, 6) is -1.20. The van der Waals surface area contributed by atoms with Crippen LogP contribution in [0.2, 0.25) is 0 Å². The molecule has 0 unspecified atom stereocenters. The summed E-state index contributed by atoms with van der Waals surface area (Å²) in [6.07, 6.45) is 0. The minimum atomic E-state index is -0.635. The molecule has 0 aromatic heterocycles. The van der Waals surface area contributed by atoms with Crippen molar-refractivity contribution in [2.24, 2.45) is 5.73 Å². The van der Waals surface area contributed by atoms with Gasteiger partial charge in [-0.3, -0.25) is 9.59 Å². The van der Waals surface area contributed by atoms with Gasteiger partial charge in [-0.2, -0.15) is 0 Å². The predicted octanol–water partition coefficient (Wildman–Crippen LogP) is -1.86. The van der Waals surface area contributed by atoms with E-state index in [1.165, 1.54) is 0 Å². The van der Waals surface area contributed by atoms with Crippen molar-refractivity contribution in [2.75, 3.05) is 13.2 Å². The lowest BCUT2D eigenvalue weighted by molar-refractivity contribution is -0.122. The molecule has 5 heteroatoms. The van der Waals surface area contributed by atoms with Crippen LogP contribution in [0.25, 0.3) is 0 Å². The Morgan fingerprint density at radius 2 is 2.09 bits per heavy atom. The average molecular weight is 158 g/mol. The van der Waals surface area contributed by atoms with Crippen LogP contribution in [-0.4, -0.2) is 30.1 Å². The van der Waals surface area contributed by atoms with Crippen molar-refractivity contribution in [3.8, 4) is 0 Å². The molecule has 11 heavy (non-hydrogen) atoms. The maximum absolute atomic E-state index is 10.7. The summed E-state index contributed by atoms with van der Waals surface area (Å²) in [7, 11) is 0. The number of hydrogen-bond donors (Lipinski definition) is 3. The third-order valence-corrected chi connectivity index (χ3v) is 0.935. The molecule has 0 aliphatic carbocycles. The van der Waals surface area contributed by atoms with E-state index in [1.54, 1.807) is 0 Å². The van der Waals surface area contributed by atoms with Crippen LogP contribution in [0.5, 0.6) is 0 Å². The van der Waals surface area contributed by atoms with Crippen LogP contribution in [0.1, 0.15) is 0 Å². The highest BCUT2D eigenvalue weighted by Crippen LogP contribution is 1.85. The maximum atomic E-state index is 10.7. The highest BCUT2D eigenvalue weighted by molar-refractivity contribution is 5.95. The average Bonchev–Trinajstić information content (AvgIpc) is 1.98. The topological polar surface area (TPSA) is 92.4 Å². The van der Waals surface area contributed by atoms with Crippen LogP contribution in [0.15, 0.2) is 12.2 Å². The molecule has 0 aromatic rings. The van der Waals surface area contributed by atoms with Crippen LogP contribution in [0.3, 0.4) is 0 Å². The lowest BCUT2D eigenvalue weighted by Gasteiger charge is -2.01. The van der Waals surface area contributed by atoms with Crippen molar-refractivity contribution in [1.29, 1.82) is 0 Å². The van der Waals surface area contributed by atoms with Gasteiger partial charge in [0.2, 0.25) is 11.8 Å². The van der Waals surface area contributed by atoms with Gasteiger partial charge in [0.1, 0.15) is 0 Å². The number of aliphatic hydroxyl groups is 1. The van der Waals surface area contributed by atoms with E-state index < -0.39 is 18.4 Å². The molecule has 0 rings (SSSR count). The number of nitrogens with two attached hydrogens (primary N) is 1. The van der Waals surface area contributed by atoms with Crippen molar-refractivity contribution < 1.29 is 14.7 Å². The minimum Gasteiger partial charge on any atom is -0.391 e. The molecule has 4 N–H and O–H groups in total. The predicted molar refractivity (Wildman–Crippen MR) is 38.4 cm³/mol. The Bertz CT molecular complexity index is 188. The highest BCUT2D eigenvalue weighted by atomic mass is 16.3. The van der Waals surface area contributed by atoms with Gasteiger partial charge in [-0.25, -0.2) is 0 Å². The Labute approximate surface area is 63.9 Å². The normalized spacial score (nSPS) is 8.82. The van der Waals surface area contributed by atoms with E-state index in [9.17, 15) is 9.59 Å². The third-order valence-electron chi connectivity index (χ3n) is 0.935. The number of nitrogens with one attached hydrogen (secondary N) is 1. The molecule has 0 saturated carbocycles. The fourth-order valence-electron chi connectivity index (χ4n) is 0.364. The molecule has 0 aliphatic rings. The van der Waals surface area contributed by atoms with E-state index in [0.29, 0.717) is 0 Å². The Hall–Kier alpha value is -1.36. The fraction of sp³-hybridized carbons (Fsp3) is 0.333. The van der Waals surface area contributed by atoms with E-state index in [2.05, 4.69) is 11.9 Å². The molecule has 0 aliphatic heterocycles. The van der Waals surface area contributed by atoms with E-state index >= 15 is 0 Å². The van der Waals surface area contributed by atoms with Crippen LogP contribution >= 0.6 is 0 Å². The number of carbonyl (C=O) groups is 2. The largest absolute Gasteiger partial charge is 0.391 e. The Balaban J connectivity index is 3.70. The van der Waals surface area contributed by atoms with Gasteiger partial charge in [-0.1, -0.05) is 6.58 Å². The monoisotopic (exact) mass is 158 g/mol. The number of amides is 2. The first-order chi connectivity index (χ1) is 5.07. The zero-order valence-corrected chi connectivity index (χ0v) is 5.96. The fourth-order valence-corrected chi connectivity index (χ4v) is 0.364. The zero-order valence-electron chi connectivity index (χ0n) is 5.96. The summed E-state index contributed by atoms with van der Waals surface area (Å²) in [6, 6.07) is 0. The Morgan fingerprint density at radius 3 is 2.45 bits per heavy atom. The highest BCUT2D eigenvalue weighted by Gasteiger charge is 2.04. The summed E-state index contributed by atoms with van der Waals surface area (Å²) in [5, 5.41) is 10.6. The van der Waals surface area contributed by atoms with Crippen molar-refractivity contribution >= 4 is 11.8 Å². The number of hydrogen-bond acceptors (Lipinski definition) is 3. The van der Waals surface area contributed by atoms with Gasteiger partial charge in [0.15, 0.2) is 0 Å². The van der Waals surface area contributed by atoms with Gasteiger partial charge >= 0.3 is 0 Å². The molecule has 0 bridgehead atoms. The zero-order chi connectivity index (χ0) is 8.85. The summed E-state index contributed by atoms with van der Waals surface area (Å²) in [5.41, 5.74) is 4.74. The first-order valence-corrected chi connectivity index (χ1v) is 2.93. The summed E-state index contributed by atoms with van der Waals surface area (Å²) < 4.78 is 0. The van der Waals surface area contributed by atoms with Crippen molar-refractivity contribution in [2.45, 2.75) is 0 Å². The van der Waals surface area contributed by atoms with Crippen LogP contribution in [0, 0.1) is 0 Å². The second-order valence-corrected chi connectivity index (χ2v) is 1.91. The molecule has 0 atom stereocenters. The van der Waals surface area contributed by atoms with Gasteiger partial charge in [0.05, 0.1) is 13.2 Å². The molecule has 0 aromatic carbocycles. The maximum Gasteiger partial charge on any atom is 0.249 e. The second-order valence-electron chi connectivity index (χ2n) is 1.91. The molecular weight excluding hydrogens is 148 g/mol. The second kappa shape index (κ2) is 4.45. The lowest BCUT2D eigenvalue weighted by Crippen LogP contribution is -2.34. The van der Waals surface area contributed by atoms with Gasteiger partial charge < -0.3 is 16.2 Å². The van der Waals surface area contributed by atoms with E-state index in [0.717, 1.165) is 0 Å². The molecular formula is C6H10N2O3. The number of rotatable bonds is 4. The number of primary amides is 1.